The lowest BCUT2D eigenvalue weighted by Crippen LogP contribution is -1.96. The van der Waals surface area contributed by atoms with Crippen molar-refractivity contribution in [3.63, 3.8) is 0 Å². The average molecular weight is 265 g/mol. The third-order valence-corrected chi connectivity index (χ3v) is 2.85. The number of hydrogen-bond donors (Lipinski definition) is 0. The van der Waals surface area contributed by atoms with E-state index in [2.05, 4.69) is 9.97 Å². The van der Waals surface area contributed by atoms with Gasteiger partial charge in [-0.15, -0.1) is 0 Å². The van der Waals surface area contributed by atoms with Gasteiger partial charge in [-0.25, -0.2) is 14.4 Å². The van der Waals surface area contributed by atoms with Crippen molar-refractivity contribution in [2.24, 2.45) is 0 Å². The van der Waals surface area contributed by atoms with Crippen molar-refractivity contribution < 1.29 is 9.13 Å². The van der Waals surface area contributed by atoms with E-state index in [0.717, 1.165) is 24.8 Å². The number of rotatable bonds is 3. The van der Waals surface area contributed by atoms with Crippen LogP contribution >= 0.6 is 11.6 Å². The van der Waals surface area contributed by atoms with Gasteiger partial charge in [0, 0.05) is 5.56 Å². The lowest BCUT2D eigenvalue weighted by Gasteiger charge is -2.06. The fourth-order valence-corrected chi connectivity index (χ4v) is 1.75. The second-order valence-corrected chi connectivity index (χ2v) is 4.52. The fourth-order valence-electron chi connectivity index (χ4n) is 1.62. The van der Waals surface area contributed by atoms with Gasteiger partial charge >= 0.3 is 0 Å². The molecule has 0 radical (unpaired) electrons. The van der Waals surface area contributed by atoms with Crippen molar-refractivity contribution in [3.05, 3.63) is 41.6 Å². The van der Waals surface area contributed by atoms with E-state index in [9.17, 15) is 4.39 Å². The van der Waals surface area contributed by atoms with E-state index < -0.39 is 5.82 Å². The minimum atomic E-state index is -0.490. The molecule has 1 saturated carbocycles. The second-order valence-electron chi connectivity index (χ2n) is 4.18. The molecule has 1 fully saturated rings. The Labute approximate surface area is 109 Å². The molecular weight excluding hydrogens is 255 g/mol. The molecule has 1 aromatic heterocycles. The van der Waals surface area contributed by atoms with Crippen LogP contribution in [-0.4, -0.2) is 16.1 Å². The number of aromatic nitrogens is 2. The predicted molar refractivity (Wildman–Crippen MR) is 66.1 cm³/mol. The maximum Gasteiger partial charge on any atom is 0.223 e. The topological polar surface area (TPSA) is 35.0 Å². The molecule has 0 saturated heterocycles. The Morgan fingerprint density at radius 2 is 1.94 bits per heavy atom. The van der Waals surface area contributed by atoms with E-state index >= 15 is 0 Å². The lowest BCUT2D eigenvalue weighted by molar-refractivity contribution is 0.303. The number of nitrogens with zero attached hydrogens (tertiary/aromatic N) is 2. The second kappa shape index (κ2) is 4.53. The van der Waals surface area contributed by atoms with Gasteiger partial charge in [0.1, 0.15) is 11.4 Å². The molecule has 3 rings (SSSR count). The van der Waals surface area contributed by atoms with Crippen molar-refractivity contribution in [3.8, 4) is 17.0 Å². The third-order valence-electron chi connectivity index (χ3n) is 2.67. The van der Waals surface area contributed by atoms with Crippen LogP contribution in [-0.2, 0) is 0 Å². The first-order chi connectivity index (χ1) is 8.72. The molecule has 1 aliphatic carbocycles. The van der Waals surface area contributed by atoms with Crippen LogP contribution in [0.15, 0.2) is 30.5 Å². The van der Waals surface area contributed by atoms with Gasteiger partial charge in [0.05, 0.1) is 12.3 Å². The molecule has 0 bridgehead atoms. The van der Waals surface area contributed by atoms with Gasteiger partial charge in [-0.05, 0) is 48.7 Å². The first-order valence-electron chi connectivity index (χ1n) is 5.67. The van der Waals surface area contributed by atoms with Crippen LogP contribution in [0, 0.1) is 5.82 Å². The van der Waals surface area contributed by atoms with E-state index in [1.807, 2.05) is 12.1 Å². The Balaban J connectivity index is 1.88. The Hall–Kier alpha value is -1.68. The summed E-state index contributed by atoms with van der Waals surface area (Å²) in [4.78, 5) is 7.47. The molecule has 0 aliphatic heterocycles. The highest BCUT2D eigenvalue weighted by molar-refractivity contribution is 6.28. The van der Waals surface area contributed by atoms with E-state index in [1.165, 1.54) is 0 Å². The monoisotopic (exact) mass is 264 g/mol. The van der Waals surface area contributed by atoms with Crippen molar-refractivity contribution >= 4 is 11.6 Å². The van der Waals surface area contributed by atoms with E-state index in [4.69, 9.17) is 16.3 Å². The van der Waals surface area contributed by atoms with Gasteiger partial charge in [-0.3, -0.25) is 0 Å². The van der Waals surface area contributed by atoms with Gasteiger partial charge in [-0.1, -0.05) is 0 Å². The molecule has 0 spiro atoms. The summed E-state index contributed by atoms with van der Waals surface area (Å²) in [6.07, 6.45) is 3.63. The summed E-state index contributed by atoms with van der Waals surface area (Å²) < 4.78 is 19.2. The highest BCUT2D eigenvalue weighted by Gasteiger charge is 2.23. The maximum atomic E-state index is 13.6. The van der Waals surface area contributed by atoms with Crippen LogP contribution in [0.25, 0.3) is 11.3 Å². The summed E-state index contributed by atoms with van der Waals surface area (Å²) in [5, 5.41) is 0.0321. The van der Waals surface area contributed by atoms with Gasteiger partial charge in [0.15, 0.2) is 5.82 Å². The largest absolute Gasteiger partial charge is 0.490 e. The molecule has 0 amide bonds. The first kappa shape index (κ1) is 11.4. The average Bonchev–Trinajstić information content (AvgIpc) is 3.17. The first-order valence-corrected chi connectivity index (χ1v) is 6.05. The predicted octanol–water partition coefficient (Wildman–Crippen LogP) is 3.48. The SMILES string of the molecule is Fc1cnc(Cl)nc1-c1ccc(OC2CC2)cc1. The summed E-state index contributed by atoms with van der Waals surface area (Å²) >= 11 is 5.66. The van der Waals surface area contributed by atoms with Crippen molar-refractivity contribution in [1.82, 2.24) is 9.97 Å². The molecule has 1 heterocycles. The van der Waals surface area contributed by atoms with Crippen LogP contribution in [0.1, 0.15) is 12.8 Å². The third kappa shape index (κ3) is 2.43. The quantitative estimate of drug-likeness (QED) is 0.796. The summed E-state index contributed by atoms with van der Waals surface area (Å²) in [5.74, 6) is 0.303. The number of hydrogen-bond acceptors (Lipinski definition) is 3. The van der Waals surface area contributed by atoms with Gasteiger partial charge in [0.25, 0.3) is 0 Å². The molecule has 0 N–H and O–H groups in total. The normalized spacial score (nSPS) is 14.6. The van der Waals surface area contributed by atoms with Crippen LogP contribution in [0.4, 0.5) is 4.39 Å². The Morgan fingerprint density at radius 1 is 1.22 bits per heavy atom. The van der Waals surface area contributed by atoms with Crippen LogP contribution in [0.2, 0.25) is 5.28 Å². The standard InChI is InChI=1S/C13H10ClFN2O/c14-13-16-7-11(15)12(17-13)8-1-3-9(4-2-8)18-10-5-6-10/h1-4,7,10H,5-6H2. The lowest BCUT2D eigenvalue weighted by atomic mass is 10.1. The fraction of sp³-hybridized carbons (Fsp3) is 0.231. The Morgan fingerprint density at radius 3 is 2.61 bits per heavy atom. The number of halogens is 2. The van der Waals surface area contributed by atoms with Crippen LogP contribution in [0.5, 0.6) is 5.75 Å². The highest BCUT2D eigenvalue weighted by Crippen LogP contribution is 2.29. The number of benzene rings is 1. The zero-order chi connectivity index (χ0) is 12.5. The summed E-state index contributed by atoms with van der Waals surface area (Å²) in [6, 6.07) is 7.14. The molecule has 3 nitrogen and oxygen atoms in total. The summed E-state index contributed by atoms with van der Waals surface area (Å²) in [5.41, 5.74) is 0.855. The maximum absolute atomic E-state index is 13.6. The molecule has 0 unspecified atom stereocenters. The minimum Gasteiger partial charge on any atom is -0.490 e. The Bertz CT molecular complexity index is 570. The molecule has 0 atom stereocenters. The highest BCUT2D eigenvalue weighted by atomic mass is 35.5. The Kier molecular flexibility index (Phi) is 2.88. The molecule has 2 aromatic rings. The summed E-state index contributed by atoms with van der Waals surface area (Å²) in [6.45, 7) is 0. The van der Waals surface area contributed by atoms with Crippen molar-refractivity contribution in [2.75, 3.05) is 0 Å². The van der Waals surface area contributed by atoms with Crippen LogP contribution < -0.4 is 4.74 Å². The van der Waals surface area contributed by atoms with Gasteiger partial charge in [0.2, 0.25) is 5.28 Å². The smallest absolute Gasteiger partial charge is 0.223 e. The molecule has 18 heavy (non-hydrogen) atoms. The molecule has 1 aliphatic rings. The van der Waals surface area contributed by atoms with E-state index in [-0.39, 0.29) is 11.0 Å². The zero-order valence-electron chi connectivity index (χ0n) is 9.44. The van der Waals surface area contributed by atoms with Crippen molar-refractivity contribution in [2.45, 2.75) is 18.9 Å². The van der Waals surface area contributed by atoms with Crippen LogP contribution in [0.3, 0.4) is 0 Å². The van der Waals surface area contributed by atoms with E-state index in [0.29, 0.717) is 11.7 Å². The summed E-state index contributed by atoms with van der Waals surface area (Å²) in [7, 11) is 0. The molecular formula is C13H10ClFN2O. The van der Waals surface area contributed by atoms with Crippen molar-refractivity contribution in [1.29, 1.82) is 0 Å². The van der Waals surface area contributed by atoms with Gasteiger partial charge < -0.3 is 4.74 Å². The zero-order valence-corrected chi connectivity index (χ0v) is 10.2. The minimum absolute atomic E-state index is 0.0321. The molecule has 1 aromatic carbocycles. The molecule has 5 heteroatoms. The van der Waals surface area contributed by atoms with Gasteiger partial charge in [-0.2, -0.15) is 0 Å². The molecule has 92 valence electrons. The number of ether oxygens (including phenoxy) is 1. The van der Waals surface area contributed by atoms with E-state index in [1.54, 1.807) is 12.1 Å².